The summed E-state index contributed by atoms with van der Waals surface area (Å²) in [5, 5.41) is 3.34. The smallest absolute Gasteiger partial charge is 0.203 e. The van der Waals surface area contributed by atoms with Gasteiger partial charge in [-0.2, -0.15) is 0 Å². The summed E-state index contributed by atoms with van der Waals surface area (Å²) in [5.41, 5.74) is 9.04. The maximum absolute atomic E-state index is 5.70. The van der Waals surface area contributed by atoms with Gasteiger partial charge in [-0.3, -0.25) is 0 Å². The van der Waals surface area contributed by atoms with Crippen LogP contribution in [0.1, 0.15) is 12.1 Å². The van der Waals surface area contributed by atoms with Crippen molar-refractivity contribution in [3.05, 3.63) is 24.0 Å². The van der Waals surface area contributed by atoms with Gasteiger partial charge in [0.25, 0.3) is 0 Å². The molecule has 3 rings (SSSR count). The van der Waals surface area contributed by atoms with E-state index in [2.05, 4.69) is 19.9 Å². The van der Waals surface area contributed by atoms with Gasteiger partial charge in [0.15, 0.2) is 0 Å². The van der Waals surface area contributed by atoms with Crippen LogP contribution in [0.3, 0.4) is 0 Å². The van der Waals surface area contributed by atoms with E-state index in [0.29, 0.717) is 6.54 Å². The van der Waals surface area contributed by atoms with Gasteiger partial charge < -0.3 is 20.6 Å². The molecule has 0 aliphatic carbocycles. The van der Waals surface area contributed by atoms with Gasteiger partial charge >= 0.3 is 0 Å². The maximum Gasteiger partial charge on any atom is 0.203 e. The van der Waals surface area contributed by atoms with Gasteiger partial charge in [0.1, 0.15) is 5.69 Å². The molecule has 2 aromatic heterocycles. The summed E-state index contributed by atoms with van der Waals surface area (Å²) in [7, 11) is 0. The standard InChI is InChI=1S/C12H17N5/c13-5-4-10-11(9-3-1-6-14-9)16-12-15-7-2-8-17(10)12/h1,3,6,14H,2,4-5,7-8,13H2,(H,15,16). The minimum Gasteiger partial charge on any atom is -0.360 e. The van der Waals surface area contributed by atoms with Crippen LogP contribution >= 0.6 is 0 Å². The molecule has 4 N–H and O–H groups in total. The van der Waals surface area contributed by atoms with Crippen LogP contribution in [0.25, 0.3) is 11.4 Å². The molecular weight excluding hydrogens is 214 g/mol. The zero-order valence-electron chi connectivity index (χ0n) is 9.74. The molecule has 0 spiro atoms. The largest absolute Gasteiger partial charge is 0.360 e. The summed E-state index contributed by atoms with van der Waals surface area (Å²) < 4.78 is 2.26. The number of fused-ring (bicyclic) bond motifs is 1. The van der Waals surface area contributed by atoms with Crippen LogP contribution in [-0.2, 0) is 13.0 Å². The molecule has 0 aromatic carbocycles. The van der Waals surface area contributed by atoms with Gasteiger partial charge in [-0.15, -0.1) is 0 Å². The van der Waals surface area contributed by atoms with Gasteiger partial charge in [0.05, 0.1) is 11.4 Å². The van der Waals surface area contributed by atoms with E-state index >= 15 is 0 Å². The van der Waals surface area contributed by atoms with Crippen LogP contribution in [0.15, 0.2) is 18.3 Å². The van der Waals surface area contributed by atoms with Crippen molar-refractivity contribution in [2.24, 2.45) is 5.73 Å². The number of anilines is 1. The van der Waals surface area contributed by atoms with Crippen molar-refractivity contribution in [3.8, 4) is 11.4 Å². The Kier molecular flexibility index (Phi) is 2.60. The predicted octanol–water partition coefficient (Wildman–Crippen LogP) is 1.19. The van der Waals surface area contributed by atoms with Crippen LogP contribution in [0.5, 0.6) is 0 Å². The normalized spacial score (nSPS) is 14.4. The molecule has 90 valence electrons. The fourth-order valence-electron chi connectivity index (χ4n) is 2.38. The van der Waals surface area contributed by atoms with Gasteiger partial charge in [-0.1, -0.05) is 0 Å². The quantitative estimate of drug-likeness (QED) is 0.743. The summed E-state index contributed by atoms with van der Waals surface area (Å²) in [6.07, 6.45) is 3.93. The highest BCUT2D eigenvalue weighted by Gasteiger charge is 2.20. The second-order valence-electron chi connectivity index (χ2n) is 4.29. The first-order valence-electron chi connectivity index (χ1n) is 6.07. The highest BCUT2D eigenvalue weighted by Crippen LogP contribution is 2.27. The Hall–Kier alpha value is -1.75. The van der Waals surface area contributed by atoms with Crippen molar-refractivity contribution in [1.82, 2.24) is 14.5 Å². The Morgan fingerprint density at radius 2 is 2.41 bits per heavy atom. The Labute approximate surface area is 100 Å². The number of aromatic amines is 1. The molecule has 5 nitrogen and oxygen atoms in total. The Balaban J connectivity index is 2.10. The maximum atomic E-state index is 5.70. The van der Waals surface area contributed by atoms with Gasteiger partial charge in [-0.25, -0.2) is 4.98 Å². The second kappa shape index (κ2) is 4.25. The van der Waals surface area contributed by atoms with Crippen molar-refractivity contribution >= 4 is 5.95 Å². The third-order valence-corrected chi connectivity index (χ3v) is 3.15. The summed E-state index contributed by atoms with van der Waals surface area (Å²) in [6, 6.07) is 4.04. The minimum absolute atomic E-state index is 0.652. The number of rotatable bonds is 3. The predicted molar refractivity (Wildman–Crippen MR) is 67.9 cm³/mol. The zero-order chi connectivity index (χ0) is 11.7. The third kappa shape index (κ3) is 1.72. The number of nitrogens with two attached hydrogens (primary N) is 1. The Morgan fingerprint density at radius 1 is 1.47 bits per heavy atom. The lowest BCUT2D eigenvalue weighted by Gasteiger charge is -2.17. The average molecular weight is 231 g/mol. The summed E-state index contributed by atoms with van der Waals surface area (Å²) in [4.78, 5) is 7.89. The lowest BCUT2D eigenvalue weighted by Crippen LogP contribution is -2.19. The molecule has 0 fully saturated rings. The van der Waals surface area contributed by atoms with Crippen molar-refractivity contribution in [2.45, 2.75) is 19.4 Å². The molecule has 2 aromatic rings. The van der Waals surface area contributed by atoms with E-state index in [1.165, 1.54) is 5.69 Å². The van der Waals surface area contributed by atoms with Gasteiger partial charge in [-0.05, 0) is 25.1 Å². The highest BCUT2D eigenvalue weighted by molar-refractivity contribution is 5.61. The number of aromatic nitrogens is 3. The fourth-order valence-corrected chi connectivity index (χ4v) is 2.38. The molecule has 0 saturated carbocycles. The molecule has 0 unspecified atom stereocenters. The van der Waals surface area contributed by atoms with Crippen molar-refractivity contribution in [2.75, 3.05) is 18.4 Å². The van der Waals surface area contributed by atoms with E-state index in [1.54, 1.807) is 0 Å². The molecular formula is C12H17N5. The highest BCUT2D eigenvalue weighted by atomic mass is 15.2. The molecule has 3 heterocycles. The SMILES string of the molecule is NCCc1c(-c2ccc[nH]2)nc2n1CCCN2. The Morgan fingerprint density at radius 3 is 3.18 bits per heavy atom. The van der Waals surface area contributed by atoms with E-state index in [4.69, 9.17) is 5.73 Å². The van der Waals surface area contributed by atoms with Crippen LogP contribution in [0, 0.1) is 0 Å². The van der Waals surface area contributed by atoms with Gasteiger partial charge in [0.2, 0.25) is 5.95 Å². The van der Waals surface area contributed by atoms with E-state index < -0.39 is 0 Å². The van der Waals surface area contributed by atoms with E-state index in [0.717, 1.165) is 43.3 Å². The molecule has 0 atom stereocenters. The molecule has 0 radical (unpaired) electrons. The Bertz CT molecular complexity index is 497. The van der Waals surface area contributed by atoms with Crippen molar-refractivity contribution < 1.29 is 0 Å². The first-order chi connectivity index (χ1) is 8.40. The zero-order valence-corrected chi connectivity index (χ0v) is 9.74. The number of H-pyrrole nitrogens is 1. The summed E-state index contributed by atoms with van der Waals surface area (Å²) in [5.74, 6) is 0.976. The minimum atomic E-state index is 0.652. The molecule has 1 aliphatic rings. The van der Waals surface area contributed by atoms with Crippen LogP contribution < -0.4 is 11.1 Å². The molecule has 0 bridgehead atoms. The summed E-state index contributed by atoms with van der Waals surface area (Å²) in [6.45, 7) is 2.69. The van der Waals surface area contributed by atoms with E-state index in [-0.39, 0.29) is 0 Å². The fraction of sp³-hybridized carbons (Fsp3) is 0.417. The van der Waals surface area contributed by atoms with Crippen LogP contribution in [0.4, 0.5) is 5.95 Å². The second-order valence-corrected chi connectivity index (χ2v) is 4.29. The van der Waals surface area contributed by atoms with Crippen molar-refractivity contribution in [3.63, 3.8) is 0 Å². The summed E-state index contributed by atoms with van der Waals surface area (Å²) >= 11 is 0. The molecule has 0 amide bonds. The number of nitrogens with one attached hydrogen (secondary N) is 2. The first kappa shape index (κ1) is 10.4. The molecule has 0 saturated heterocycles. The lowest BCUT2D eigenvalue weighted by atomic mass is 10.2. The topological polar surface area (TPSA) is 71.7 Å². The first-order valence-corrected chi connectivity index (χ1v) is 6.07. The van der Waals surface area contributed by atoms with E-state index in [1.807, 2.05) is 18.3 Å². The third-order valence-electron chi connectivity index (χ3n) is 3.15. The van der Waals surface area contributed by atoms with E-state index in [9.17, 15) is 0 Å². The van der Waals surface area contributed by atoms with Crippen LogP contribution in [0.2, 0.25) is 0 Å². The average Bonchev–Trinajstić information content (AvgIpc) is 2.97. The van der Waals surface area contributed by atoms with Crippen molar-refractivity contribution in [1.29, 1.82) is 0 Å². The molecule has 5 heteroatoms. The van der Waals surface area contributed by atoms with Crippen LogP contribution in [-0.4, -0.2) is 27.6 Å². The molecule has 17 heavy (non-hydrogen) atoms. The van der Waals surface area contributed by atoms with Gasteiger partial charge in [0, 0.05) is 25.7 Å². The number of imidazole rings is 1. The molecule has 1 aliphatic heterocycles. The number of hydrogen-bond acceptors (Lipinski definition) is 3. The number of hydrogen-bond donors (Lipinski definition) is 3. The number of nitrogens with zero attached hydrogens (tertiary/aromatic N) is 2. The monoisotopic (exact) mass is 231 g/mol. The lowest BCUT2D eigenvalue weighted by molar-refractivity contribution is 0.603.